The van der Waals surface area contributed by atoms with Crippen LogP contribution in [0.2, 0.25) is 0 Å². The summed E-state index contributed by atoms with van der Waals surface area (Å²) in [6, 6.07) is 1.06. The van der Waals surface area contributed by atoms with E-state index >= 15 is 0 Å². The van der Waals surface area contributed by atoms with E-state index in [1.165, 1.54) is 0 Å². The van der Waals surface area contributed by atoms with Crippen molar-refractivity contribution in [1.82, 2.24) is 0 Å². The minimum absolute atomic E-state index is 0.380. The lowest BCUT2D eigenvalue weighted by Crippen LogP contribution is -2.26. The average molecular weight is 257 g/mol. The molecule has 9 heteroatoms. The summed E-state index contributed by atoms with van der Waals surface area (Å²) in [6.07, 6.45) is 0. The number of rotatable bonds is 2. The third kappa shape index (κ3) is 3.14. The number of aromatic carboxylic acids is 1. The van der Waals surface area contributed by atoms with Gasteiger partial charge in [-0.3, -0.25) is 0 Å². The number of hydrogen-bond donors (Lipinski definition) is 4. The maximum atomic E-state index is 13.3. The van der Waals surface area contributed by atoms with Gasteiger partial charge < -0.3 is 22.3 Å². The summed E-state index contributed by atoms with van der Waals surface area (Å²) in [5.41, 5.74) is 14.0. The van der Waals surface area contributed by atoms with Gasteiger partial charge in [0.1, 0.15) is 11.5 Å². The zero-order valence-corrected chi connectivity index (χ0v) is 8.89. The third-order valence-electron chi connectivity index (χ3n) is 1.75. The predicted octanol–water partition coefficient (Wildman–Crippen LogP) is -0.117. The van der Waals surface area contributed by atoms with Gasteiger partial charge in [0.2, 0.25) is 5.96 Å². The highest BCUT2D eigenvalue weighted by Crippen LogP contribution is 2.22. The van der Waals surface area contributed by atoms with Crippen LogP contribution in [-0.2, 0) is 0 Å². The molecule has 1 aromatic carbocycles. The van der Waals surface area contributed by atoms with Crippen molar-refractivity contribution in [2.45, 2.75) is 0 Å². The van der Waals surface area contributed by atoms with Gasteiger partial charge in [-0.25, -0.2) is 18.6 Å². The van der Waals surface area contributed by atoms with Gasteiger partial charge in [-0.15, -0.1) is 0 Å². The van der Waals surface area contributed by atoms with Gasteiger partial charge in [-0.05, 0) is 6.07 Å². The molecule has 0 saturated carbocycles. The van der Waals surface area contributed by atoms with Crippen molar-refractivity contribution >= 4 is 23.6 Å². The maximum absolute atomic E-state index is 13.3. The van der Waals surface area contributed by atoms with Crippen molar-refractivity contribution in [1.29, 1.82) is 0 Å². The molecule has 18 heavy (non-hydrogen) atoms. The second-order valence-electron chi connectivity index (χ2n) is 3.10. The lowest BCUT2D eigenvalue weighted by atomic mass is 10.2. The van der Waals surface area contributed by atoms with Crippen LogP contribution in [0.3, 0.4) is 0 Å². The Hall–Kier alpha value is -2.71. The highest BCUT2D eigenvalue weighted by atomic mass is 19.1. The lowest BCUT2D eigenvalue weighted by Gasteiger charge is -2.02. The number of carboxylic acids is 1. The molecule has 0 bridgehead atoms. The Morgan fingerprint density at radius 3 is 2.28 bits per heavy atom. The molecule has 0 fully saturated rings. The first-order valence-electron chi connectivity index (χ1n) is 4.47. The molecule has 0 heterocycles. The van der Waals surface area contributed by atoms with E-state index in [-0.39, 0.29) is 0 Å². The minimum atomic E-state index is -1.57. The molecule has 0 saturated heterocycles. The van der Waals surface area contributed by atoms with Gasteiger partial charge in [0.15, 0.2) is 11.8 Å². The average Bonchev–Trinajstić information content (AvgIpc) is 2.20. The van der Waals surface area contributed by atoms with Gasteiger partial charge in [-0.1, -0.05) is 0 Å². The Balaban J connectivity index is 3.30. The van der Waals surface area contributed by atoms with Crippen molar-refractivity contribution in [2.75, 3.05) is 0 Å². The van der Waals surface area contributed by atoms with Crippen molar-refractivity contribution < 1.29 is 18.7 Å². The number of guanidine groups is 2. The van der Waals surface area contributed by atoms with Crippen LogP contribution >= 0.6 is 0 Å². The molecule has 1 rings (SSSR count). The summed E-state index contributed by atoms with van der Waals surface area (Å²) < 4.78 is 26.3. The van der Waals surface area contributed by atoms with E-state index in [2.05, 4.69) is 9.98 Å². The van der Waals surface area contributed by atoms with E-state index in [0.29, 0.717) is 12.1 Å². The highest BCUT2D eigenvalue weighted by Gasteiger charge is 2.15. The highest BCUT2D eigenvalue weighted by molar-refractivity contribution is 5.94. The summed E-state index contributed by atoms with van der Waals surface area (Å²) in [5, 5.41) is 8.65. The molecule has 0 aliphatic rings. The number of nitrogens with zero attached hydrogens (tertiary/aromatic N) is 2. The van der Waals surface area contributed by atoms with Crippen molar-refractivity contribution in [3.05, 3.63) is 29.3 Å². The van der Waals surface area contributed by atoms with Gasteiger partial charge in [-0.2, -0.15) is 4.99 Å². The quantitative estimate of drug-likeness (QED) is 0.432. The largest absolute Gasteiger partial charge is 0.478 e. The fourth-order valence-electron chi connectivity index (χ4n) is 1.07. The van der Waals surface area contributed by atoms with Crippen LogP contribution in [0.15, 0.2) is 22.1 Å². The SMILES string of the molecule is NC(N)=NC(N)=Nc1cc(C(=O)O)c(F)cc1F. The molecular formula is C9H9F2N5O2. The molecule has 0 aliphatic carbocycles. The molecule has 96 valence electrons. The first-order chi connectivity index (χ1) is 8.31. The van der Waals surface area contributed by atoms with Crippen molar-refractivity contribution in [3.8, 4) is 0 Å². The molecule has 0 aliphatic heterocycles. The lowest BCUT2D eigenvalue weighted by molar-refractivity contribution is 0.0692. The fourth-order valence-corrected chi connectivity index (χ4v) is 1.07. The third-order valence-corrected chi connectivity index (χ3v) is 1.75. The second kappa shape index (κ2) is 5.08. The number of nitrogens with two attached hydrogens (primary N) is 3. The zero-order chi connectivity index (χ0) is 13.9. The molecule has 0 spiro atoms. The second-order valence-corrected chi connectivity index (χ2v) is 3.10. The zero-order valence-electron chi connectivity index (χ0n) is 8.89. The summed E-state index contributed by atoms with van der Waals surface area (Å²) >= 11 is 0. The van der Waals surface area contributed by atoms with E-state index < -0.39 is 40.8 Å². The molecule has 0 aromatic heterocycles. The van der Waals surface area contributed by atoms with Crippen LogP contribution in [0.5, 0.6) is 0 Å². The van der Waals surface area contributed by atoms with E-state index in [1.54, 1.807) is 0 Å². The van der Waals surface area contributed by atoms with Crippen LogP contribution in [-0.4, -0.2) is 23.0 Å². The van der Waals surface area contributed by atoms with Crippen LogP contribution in [0.1, 0.15) is 10.4 Å². The Morgan fingerprint density at radius 2 is 1.78 bits per heavy atom. The smallest absolute Gasteiger partial charge is 0.338 e. The standard InChI is InChI=1S/C9H9F2N5O2/c10-4-2-5(11)6(1-3(4)7(17)18)15-9(14)16-8(12)13/h1-2H,(H,17,18)(H6,12,13,14,15,16). The van der Waals surface area contributed by atoms with E-state index in [4.69, 9.17) is 22.3 Å². The summed E-state index contributed by atoms with van der Waals surface area (Å²) in [4.78, 5) is 17.4. The molecular weight excluding hydrogens is 248 g/mol. The number of aliphatic imine (C=N–C) groups is 2. The number of halogens is 2. The fraction of sp³-hybridized carbons (Fsp3) is 0. The number of carboxylic acid groups (broad SMARTS) is 1. The maximum Gasteiger partial charge on any atom is 0.338 e. The summed E-state index contributed by atoms with van der Waals surface area (Å²) in [7, 11) is 0. The molecule has 0 unspecified atom stereocenters. The van der Waals surface area contributed by atoms with Gasteiger partial charge in [0.25, 0.3) is 0 Å². The van der Waals surface area contributed by atoms with Crippen LogP contribution in [0.4, 0.5) is 14.5 Å². The summed E-state index contributed by atoms with van der Waals surface area (Å²) in [6.45, 7) is 0. The molecule has 7 nitrogen and oxygen atoms in total. The van der Waals surface area contributed by atoms with E-state index in [1.807, 2.05) is 0 Å². The minimum Gasteiger partial charge on any atom is -0.478 e. The predicted molar refractivity (Wildman–Crippen MR) is 60.4 cm³/mol. The number of hydrogen-bond acceptors (Lipinski definition) is 2. The van der Waals surface area contributed by atoms with Crippen LogP contribution in [0, 0.1) is 11.6 Å². The molecule has 0 atom stereocenters. The summed E-state index contributed by atoms with van der Waals surface area (Å²) in [5.74, 6) is -4.77. The molecule has 0 radical (unpaired) electrons. The normalized spacial score (nSPS) is 11.1. The Bertz CT molecular complexity index is 552. The van der Waals surface area contributed by atoms with E-state index in [0.717, 1.165) is 0 Å². The number of carbonyl (C=O) groups is 1. The Labute approximate surface area is 99.6 Å². The van der Waals surface area contributed by atoms with Gasteiger partial charge >= 0.3 is 5.97 Å². The number of benzene rings is 1. The monoisotopic (exact) mass is 257 g/mol. The topological polar surface area (TPSA) is 140 Å². The van der Waals surface area contributed by atoms with Gasteiger partial charge in [0.05, 0.1) is 5.56 Å². The van der Waals surface area contributed by atoms with Crippen molar-refractivity contribution in [2.24, 2.45) is 27.2 Å². The molecule has 7 N–H and O–H groups in total. The van der Waals surface area contributed by atoms with Crippen LogP contribution in [0.25, 0.3) is 0 Å². The van der Waals surface area contributed by atoms with Gasteiger partial charge in [0, 0.05) is 6.07 Å². The molecule has 0 amide bonds. The molecule has 1 aromatic rings. The first-order valence-corrected chi connectivity index (χ1v) is 4.47. The Morgan fingerprint density at radius 1 is 1.17 bits per heavy atom. The van der Waals surface area contributed by atoms with E-state index in [9.17, 15) is 13.6 Å². The first kappa shape index (κ1) is 13.4. The Kier molecular flexibility index (Phi) is 3.77. The van der Waals surface area contributed by atoms with Crippen LogP contribution < -0.4 is 17.2 Å². The van der Waals surface area contributed by atoms with Crippen molar-refractivity contribution in [3.63, 3.8) is 0 Å².